The molecule has 0 aromatic rings. The topological polar surface area (TPSA) is 41.5 Å². The summed E-state index contributed by atoms with van der Waals surface area (Å²) in [6.45, 7) is 0. The molecule has 1 unspecified atom stereocenters. The van der Waals surface area contributed by atoms with E-state index >= 15 is 0 Å². The van der Waals surface area contributed by atoms with Crippen molar-refractivity contribution in [2.75, 3.05) is 7.11 Å². The Hall–Kier alpha value is 0.314. The molecule has 0 saturated heterocycles. The molecule has 0 aliphatic heterocycles. The number of nitrogens with one attached hydrogen (secondary N) is 1. The van der Waals surface area contributed by atoms with Crippen molar-refractivity contribution >= 4 is 19.8 Å². The van der Waals surface area contributed by atoms with Gasteiger partial charge in [0.25, 0.3) is 0 Å². The van der Waals surface area contributed by atoms with E-state index in [9.17, 15) is 0 Å². The third-order valence-electron chi connectivity index (χ3n) is 0.470. The highest BCUT2D eigenvalue weighted by atomic mass is 28.3. The van der Waals surface area contributed by atoms with Crippen molar-refractivity contribution in [2.24, 2.45) is 0 Å². The van der Waals surface area contributed by atoms with Crippen LogP contribution in [0.3, 0.4) is 0 Å². The highest BCUT2D eigenvalue weighted by Crippen LogP contribution is 1.60. The minimum Gasteiger partial charge on any atom is -0.402 e. The van der Waals surface area contributed by atoms with Crippen molar-refractivity contribution in [3.05, 3.63) is 0 Å². The lowest BCUT2D eigenvalue weighted by molar-refractivity contribution is 0.323. The summed E-state index contributed by atoms with van der Waals surface area (Å²) >= 11 is 0. The Balaban J connectivity index is 2.75. The first-order valence-electron chi connectivity index (χ1n) is 1.69. The molecule has 38 valence electrons. The van der Waals surface area contributed by atoms with Crippen molar-refractivity contribution in [3.63, 3.8) is 0 Å². The third kappa shape index (κ3) is 2.55. The predicted octanol–water partition coefficient (Wildman–Crippen LogP) is -2.79. The van der Waals surface area contributed by atoms with E-state index in [-0.39, 0.29) is 0 Å². The van der Waals surface area contributed by atoms with Gasteiger partial charge in [-0.25, -0.2) is 0 Å². The van der Waals surface area contributed by atoms with Gasteiger partial charge < -0.3 is 13.9 Å². The molecule has 2 N–H and O–H groups in total. The van der Waals surface area contributed by atoms with Crippen LogP contribution in [-0.2, 0) is 4.43 Å². The van der Waals surface area contributed by atoms with Gasteiger partial charge in [-0.1, -0.05) is 0 Å². The van der Waals surface area contributed by atoms with Gasteiger partial charge in [-0.2, -0.15) is 0 Å². The monoisotopic (exact) mass is 123 g/mol. The average molecular weight is 123 g/mol. The highest BCUT2D eigenvalue weighted by molar-refractivity contribution is 6.47. The molecule has 1 atom stereocenters. The van der Waals surface area contributed by atoms with Crippen LogP contribution >= 0.6 is 0 Å². The number of rotatable bonds is 2. The van der Waals surface area contributed by atoms with Gasteiger partial charge in [0.05, 0.1) is 10.4 Å². The lowest BCUT2D eigenvalue weighted by Gasteiger charge is -1.99. The zero-order valence-corrected chi connectivity index (χ0v) is 7.09. The SMILES string of the molecule is CO[SiH](O)N[SiH3]. The maximum absolute atomic E-state index is 8.51. The highest BCUT2D eigenvalue weighted by Gasteiger charge is 1.95. The molecule has 0 aliphatic rings. The molecule has 0 saturated carbocycles. The summed E-state index contributed by atoms with van der Waals surface area (Å²) in [6.07, 6.45) is 0. The summed E-state index contributed by atoms with van der Waals surface area (Å²) in [6, 6.07) is 0. The van der Waals surface area contributed by atoms with Crippen molar-refractivity contribution in [2.45, 2.75) is 0 Å². The van der Waals surface area contributed by atoms with Crippen LogP contribution in [0, 0.1) is 0 Å². The van der Waals surface area contributed by atoms with E-state index in [4.69, 9.17) is 4.80 Å². The fourth-order valence-corrected chi connectivity index (χ4v) is 1.06. The van der Waals surface area contributed by atoms with Gasteiger partial charge in [-0.15, -0.1) is 0 Å². The average Bonchev–Trinajstić information content (AvgIpc) is 1.65. The standard InChI is InChI=1S/CH9NO2Si2/c1-4-6(3)2-5/h2-3,6H,1,5H3. The lowest BCUT2D eigenvalue weighted by Crippen LogP contribution is -2.33. The molecule has 0 amide bonds. The molecule has 0 heterocycles. The van der Waals surface area contributed by atoms with E-state index in [0.717, 1.165) is 10.4 Å². The van der Waals surface area contributed by atoms with E-state index in [1.807, 2.05) is 0 Å². The summed E-state index contributed by atoms with van der Waals surface area (Å²) < 4.78 is 7.24. The second kappa shape index (κ2) is 3.50. The molecule has 0 rings (SSSR count). The smallest absolute Gasteiger partial charge is 0.397 e. The zero-order valence-electron chi connectivity index (χ0n) is 3.93. The summed E-state index contributed by atoms with van der Waals surface area (Å²) in [5, 5.41) is 0. The molecular weight excluding hydrogens is 114 g/mol. The first kappa shape index (κ1) is 6.31. The molecule has 0 aromatic heterocycles. The molecule has 6 heavy (non-hydrogen) atoms. The Labute approximate surface area is 41.8 Å². The van der Waals surface area contributed by atoms with Crippen LogP contribution in [-0.4, -0.2) is 31.8 Å². The predicted molar refractivity (Wildman–Crippen MR) is 29.5 cm³/mol. The van der Waals surface area contributed by atoms with Crippen molar-refractivity contribution in [1.29, 1.82) is 0 Å². The first-order chi connectivity index (χ1) is 2.81. The maximum atomic E-state index is 8.51. The minimum absolute atomic E-state index is 0.819. The van der Waals surface area contributed by atoms with Gasteiger partial charge in [0.1, 0.15) is 0 Å². The van der Waals surface area contributed by atoms with Gasteiger partial charge in [-0.3, -0.25) is 0 Å². The van der Waals surface area contributed by atoms with Gasteiger partial charge in [0, 0.05) is 7.11 Å². The number of hydrogen-bond acceptors (Lipinski definition) is 3. The Morgan fingerprint density at radius 2 is 2.50 bits per heavy atom. The van der Waals surface area contributed by atoms with Crippen LogP contribution in [0.5, 0.6) is 0 Å². The maximum Gasteiger partial charge on any atom is 0.397 e. The van der Waals surface area contributed by atoms with E-state index in [1.165, 1.54) is 7.11 Å². The van der Waals surface area contributed by atoms with E-state index in [0.29, 0.717) is 0 Å². The fourth-order valence-electron chi connectivity index (χ4n) is 0.118. The van der Waals surface area contributed by atoms with E-state index < -0.39 is 9.45 Å². The molecule has 0 spiro atoms. The second-order valence-corrected chi connectivity index (χ2v) is 4.36. The Kier molecular flexibility index (Phi) is 3.69. The van der Waals surface area contributed by atoms with Crippen molar-refractivity contribution in [3.8, 4) is 0 Å². The normalized spacial score (nSPS) is 15.0. The van der Waals surface area contributed by atoms with Gasteiger partial charge in [0.2, 0.25) is 0 Å². The fraction of sp³-hybridized carbons (Fsp3) is 1.00. The molecule has 0 aromatic carbocycles. The molecule has 5 heteroatoms. The summed E-state index contributed by atoms with van der Waals surface area (Å²) in [7, 11) is 0.472. The van der Waals surface area contributed by atoms with Crippen LogP contribution in [0.1, 0.15) is 0 Å². The van der Waals surface area contributed by atoms with Crippen LogP contribution < -0.4 is 4.65 Å². The second-order valence-electron chi connectivity index (χ2n) is 0.877. The van der Waals surface area contributed by atoms with Crippen LogP contribution in [0.25, 0.3) is 0 Å². The summed E-state index contributed by atoms with van der Waals surface area (Å²) in [5.41, 5.74) is 0. The molecule has 0 fully saturated rings. The van der Waals surface area contributed by atoms with E-state index in [2.05, 4.69) is 9.07 Å². The van der Waals surface area contributed by atoms with Crippen LogP contribution in [0.2, 0.25) is 0 Å². The van der Waals surface area contributed by atoms with Gasteiger partial charge in [0.15, 0.2) is 0 Å². The minimum atomic E-state index is -1.85. The van der Waals surface area contributed by atoms with E-state index in [1.54, 1.807) is 0 Å². The van der Waals surface area contributed by atoms with Crippen LogP contribution in [0.15, 0.2) is 0 Å². The molecule has 0 bridgehead atoms. The van der Waals surface area contributed by atoms with Crippen LogP contribution in [0.4, 0.5) is 0 Å². The molecule has 3 nitrogen and oxygen atoms in total. The quantitative estimate of drug-likeness (QED) is 0.390. The molecule has 0 radical (unpaired) electrons. The Bertz CT molecular complexity index is 30.7. The largest absolute Gasteiger partial charge is 0.402 e. The van der Waals surface area contributed by atoms with Crippen molar-refractivity contribution in [1.82, 2.24) is 4.65 Å². The lowest BCUT2D eigenvalue weighted by atomic mass is 11.8. The van der Waals surface area contributed by atoms with Crippen molar-refractivity contribution < 1.29 is 9.22 Å². The first-order valence-corrected chi connectivity index (χ1v) is 4.26. The van der Waals surface area contributed by atoms with Gasteiger partial charge in [-0.05, 0) is 0 Å². The zero-order chi connectivity index (χ0) is 4.99. The summed E-state index contributed by atoms with van der Waals surface area (Å²) in [4.78, 5) is 8.51. The molecular formula is CH9NO2Si2. The third-order valence-corrected chi connectivity index (χ3v) is 2.89. The Morgan fingerprint density at radius 1 is 2.00 bits per heavy atom. The van der Waals surface area contributed by atoms with Gasteiger partial charge >= 0.3 is 9.45 Å². The Morgan fingerprint density at radius 3 is 2.50 bits per heavy atom. The summed E-state index contributed by atoms with van der Waals surface area (Å²) in [5.74, 6) is 0. The molecule has 0 aliphatic carbocycles. The number of hydrogen-bond donors (Lipinski definition) is 2.